The van der Waals surface area contributed by atoms with Gasteiger partial charge in [-0.25, -0.2) is 5.01 Å². The molecule has 0 atom stereocenters. The van der Waals surface area contributed by atoms with Gasteiger partial charge >= 0.3 is 11.6 Å². The molecule has 1 saturated heterocycles. The van der Waals surface area contributed by atoms with Gasteiger partial charge in [0.2, 0.25) is 0 Å². The lowest BCUT2D eigenvalue weighted by Gasteiger charge is -2.35. The van der Waals surface area contributed by atoms with Crippen molar-refractivity contribution in [3.8, 4) is 0 Å². The highest BCUT2D eigenvalue weighted by molar-refractivity contribution is 5.92. The van der Waals surface area contributed by atoms with Gasteiger partial charge in [0.15, 0.2) is 0 Å². The number of nitro benzene ring substituents is 1. The number of hydrazine groups is 1. The third kappa shape index (κ3) is 3.85. The summed E-state index contributed by atoms with van der Waals surface area (Å²) in [6.45, 7) is 5.36. The number of hydrogen-bond donors (Lipinski definition) is 1. The first-order valence-electron chi connectivity index (χ1n) is 10.1. The summed E-state index contributed by atoms with van der Waals surface area (Å²) in [4.78, 5) is 38.2. The number of amides is 1. The van der Waals surface area contributed by atoms with E-state index in [1.807, 2.05) is 0 Å². The smallest absolute Gasteiger partial charge is 0.347 e. The lowest BCUT2D eigenvalue weighted by atomic mass is 10.2. The van der Waals surface area contributed by atoms with Crippen molar-refractivity contribution in [3.63, 3.8) is 0 Å². The van der Waals surface area contributed by atoms with Gasteiger partial charge < -0.3 is 14.8 Å². The summed E-state index contributed by atoms with van der Waals surface area (Å²) in [6.07, 6.45) is 0. The minimum atomic E-state index is -0.644. The predicted molar refractivity (Wildman–Crippen MR) is 118 cm³/mol. The Hall–Kier alpha value is -3.99. The Bertz CT molecular complexity index is 1260. The molecule has 0 saturated carbocycles. The predicted octanol–water partition coefficient (Wildman–Crippen LogP) is 1.89. The van der Waals surface area contributed by atoms with Gasteiger partial charge in [-0.3, -0.25) is 20.3 Å². The lowest BCUT2D eigenvalue weighted by Crippen LogP contribution is -2.54. The number of aryl methyl sites for hydroxylation is 1. The molecule has 0 bridgehead atoms. The Labute approximate surface area is 182 Å². The fourth-order valence-electron chi connectivity index (χ4n) is 3.83. The number of benzene rings is 2. The molecule has 11 nitrogen and oxygen atoms in total. The molecule has 3 aromatic rings. The van der Waals surface area contributed by atoms with E-state index >= 15 is 0 Å². The van der Waals surface area contributed by atoms with E-state index in [0.29, 0.717) is 35.3 Å². The van der Waals surface area contributed by atoms with Crippen LogP contribution in [0.1, 0.15) is 21.7 Å². The first-order valence-corrected chi connectivity index (χ1v) is 10.1. The van der Waals surface area contributed by atoms with Gasteiger partial charge in [0.25, 0.3) is 11.2 Å². The normalized spacial score (nSPS) is 14.5. The zero-order valence-corrected chi connectivity index (χ0v) is 17.6. The molecule has 1 aliphatic heterocycles. The van der Waals surface area contributed by atoms with Crippen LogP contribution < -0.4 is 14.8 Å². The zero-order chi connectivity index (χ0) is 23.0. The van der Waals surface area contributed by atoms with E-state index in [0.717, 1.165) is 11.3 Å². The molecule has 1 aliphatic rings. The van der Waals surface area contributed by atoms with E-state index in [-0.39, 0.29) is 28.1 Å². The Morgan fingerprint density at radius 1 is 1.06 bits per heavy atom. The molecular weight excluding hydrogens is 416 g/mol. The van der Waals surface area contributed by atoms with E-state index in [2.05, 4.69) is 10.3 Å². The maximum Gasteiger partial charge on any atom is 0.347 e. The molecular formula is C21H22N6O5. The molecule has 0 aliphatic carbocycles. The number of carbonyl (C=O) groups excluding carboxylic acids is 1. The highest BCUT2D eigenvalue weighted by Gasteiger charge is 2.29. The van der Waals surface area contributed by atoms with Gasteiger partial charge in [-0.1, -0.05) is 6.07 Å². The van der Waals surface area contributed by atoms with Crippen LogP contribution in [0.4, 0.5) is 11.4 Å². The quantitative estimate of drug-likeness (QED) is 0.374. The second-order valence-corrected chi connectivity index (χ2v) is 7.70. The molecule has 2 aromatic carbocycles. The van der Waals surface area contributed by atoms with Crippen LogP contribution in [0.25, 0.3) is 11.0 Å². The molecule has 166 valence electrons. The van der Waals surface area contributed by atoms with Gasteiger partial charge in [-0.2, -0.15) is 0 Å². The van der Waals surface area contributed by atoms with Crippen molar-refractivity contribution in [2.45, 2.75) is 13.8 Å². The number of fused-ring (bicyclic) bond motifs is 1. The number of nitro groups is 1. The number of non-ortho nitro benzene ring substituents is 1. The van der Waals surface area contributed by atoms with Crippen LogP contribution in [0.2, 0.25) is 0 Å². The zero-order valence-electron chi connectivity index (χ0n) is 17.6. The minimum Gasteiger partial charge on any atom is -0.805 e. The fraction of sp³-hybridized carbons (Fsp3) is 0.286. The number of aromatic nitrogens is 2. The number of piperazine rings is 1. The van der Waals surface area contributed by atoms with E-state index in [1.54, 1.807) is 42.3 Å². The summed E-state index contributed by atoms with van der Waals surface area (Å²) >= 11 is 0. The molecule has 4 rings (SSSR count). The van der Waals surface area contributed by atoms with Crippen LogP contribution in [0.15, 0.2) is 42.5 Å². The second-order valence-electron chi connectivity index (χ2n) is 7.70. The van der Waals surface area contributed by atoms with Gasteiger partial charge in [0.1, 0.15) is 5.52 Å². The monoisotopic (exact) mass is 438 g/mol. The maximum atomic E-state index is 12.9. The van der Waals surface area contributed by atoms with Crippen LogP contribution in [0.5, 0.6) is 0 Å². The van der Waals surface area contributed by atoms with Gasteiger partial charge in [-0.15, -0.1) is 0 Å². The Morgan fingerprint density at radius 3 is 2.34 bits per heavy atom. The third-order valence-electron chi connectivity index (χ3n) is 5.60. The molecule has 1 aromatic heterocycles. The van der Waals surface area contributed by atoms with E-state index in [4.69, 9.17) is 0 Å². The number of carbonyl (C=O) groups is 1. The number of nitrogens with one attached hydrogen (secondary N) is 1. The van der Waals surface area contributed by atoms with E-state index in [9.17, 15) is 25.0 Å². The summed E-state index contributed by atoms with van der Waals surface area (Å²) in [6, 6.07) is 11.2. The Balaban J connectivity index is 1.48. The Kier molecular flexibility index (Phi) is 5.49. The highest BCUT2D eigenvalue weighted by Crippen LogP contribution is 2.20. The number of anilines is 1. The standard InChI is InChI=1S/C21H22N6O5/c1-14-3-8-18-19(13-14)26(30)20(15(2)25(18)29)21(28)22-24-11-9-23(10-12-24)16-4-6-17(7-5-16)27(31)32/h3-8,13H,9-12H2,1-2H3,(H,22,28). The van der Waals surface area contributed by atoms with Crippen molar-refractivity contribution in [1.82, 2.24) is 15.2 Å². The summed E-state index contributed by atoms with van der Waals surface area (Å²) in [5, 5.41) is 25.1. The van der Waals surface area contributed by atoms with Crippen LogP contribution in [0.3, 0.4) is 0 Å². The first kappa shape index (κ1) is 21.2. The van der Waals surface area contributed by atoms with Crippen molar-refractivity contribution < 1.29 is 14.1 Å². The van der Waals surface area contributed by atoms with Crippen molar-refractivity contribution in [2.24, 2.45) is 0 Å². The molecule has 1 amide bonds. The Morgan fingerprint density at radius 2 is 1.72 bits per heavy atom. The van der Waals surface area contributed by atoms with Crippen molar-refractivity contribution in [2.75, 3.05) is 31.1 Å². The molecule has 11 heteroatoms. The summed E-state index contributed by atoms with van der Waals surface area (Å²) in [7, 11) is 0. The number of rotatable bonds is 4. The molecule has 32 heavy (non-hydrogen) atoms. The number of nitrogens with zero attached hydrogens (tertiary/aromatic N) is 5. The van der Waals surface area contributed by atoms with Crippen molar-refractivity contribution >= 4 is 28.3 Å². The van der Waals surface area contributed by atoms with Crippen LogP contribution >= 0.6 is 0 Å². The molecule has 1 fully saturated rings. The van der Waals surface area contributed by atoms with E-state index in [1.165, 1.54) is 19.1 Å². The molecule has 0 spiro atoms. The first-order chi connectivity index (χ1) is 15.3. The van der Waals surface area contributed by atoms with Gasteiger partial charge in [-0.05, 0) is 37.6 Å². The summed E-state index contributed by atoms with van der Waals surface area (Å²) < 4.78 is 1.11. The van der Waals surface area contributed by atoms with Gasteiger partial charge in [0, 0.05) is 55.0 Å². The minimum absolute atomic E-state index is 0.0263. The largest absolute Gasteiger partial charge is 0.805 e. The average Bonchev–Trinajstić information content (AvgIpc) is 2.78. The van der Waals surface area contributed by atoms with Crippen LogP contribution in [0, 0.1) is 34.1 Å². The molecule has 0 unspecified atom stereocenters. The third-order valence-corrected chi connectivity index (χ3v) is 5.60. The molecule has 2 heterocycles. The fourth-order valence-corrected chi connectivity index (χ4v) is 3.83. The van der Waals surface area contributed by atoms with Crippen molar-refractivity contribution in [3.05, 3.63) is 79.6 Å². The summed E-state index contributed by atoms with van der Waals surface area (Å²) in [5.74, 6) is -0.644. The number of hydrogen-bond acceptors (Lipinski definition) is 7. The van der Waals surface area contributed by atoms with Crippen LogP contribution in [-0.2, 0) is 0 Å². The summed E-state index contributed by atoms with van der Waals surface area (Å²) in [5.41, 5.74) is 4.54. The van der Waals surface area contributed by atoms with Crippen molar-refractivity contribution in [1.29, 1.82) is 0 Å². The molecule has 1 N–H and O–H groups in total. The topological polar surface area (TPSA) is 130 Å². The van der Waals surface area contributed by atoms with E-state index < -0.39 is 10.8 Å². The van der Waals surface area contributed by atoms with Crippen LogP contribution in [-0.4, -0.2) is 46.7 Å². The molecule has 0 radical (unpaired) electrons. The highest BCUT2D eigenvalue weighted by atomic mass is 16.6. The van der Waals surface area contributed by atoms with Gasteiger partial charge in [0.05, 0.1) is 15.0 Å². The second kappa shape index (κ2) is 8.27. The lowest BCUT2D eigenvalue weighted by molar-refractivity contribution is -0.468. The SMILES string of the molecule is Cc1ccc2c(c1)[n+](=O)c(C(=O)NN1CCN(c3ccc([N+](=O)[O-])cc3)CC1)c(C)n2[O-]. The average molecular weight is 438 g/mol. The maximum absolute atomic E-state index is 12.9.